The van der Waals surface area contributed by atoms with Crippen LogP contribution in [0.5, 0.6) is 0 Å². The second-order valence-corrected chi connectivity index (χ2v) is 18.5. The predicted molar refractivity (Wildman–Crippen MR) is 279 cm³/mol. The molecule has 1 atom stereocenters. The quantitative estimate of drug-likeness (QED) is 0.0262. The van der Waals surface area contributed by atoms with Gasteiger partial charge >= 0.3 is 17.9 Å². The number of hydrogen-bond donors (Lipinski definition) is 0. The Labute approximate surface area is 402 Å². The molecule has 0 radical (unpaired) electrons. The normalized spacial score (nSPS) is 12.5. The Kier molecular flexibility index (Phi) is 51.3. The molecule has 0 rings (SSSR count). The number of ether oxygens (including phenoxy) is 3. The van der Waals surface area contributed by atoms with Gasteiger partial charge in [-0.15, -0.1) is 0 Å². The van der Waals surface area contributed by atoms with Crippen molar-refractivity contribution in [3.8, 4) is 0 Å². The number of unbranched alkanes of at least 4 members (excludes halogenated alkanes) is 30. The van der Waals surface area contributed by atoms with Crippen LogP contribution in [0.1, 0.15) is 278 Å². The fraction of sp³-hybridized carbons (Fsp3) is 0.780. The first-order chi connectivity index (χ1) is 32.0. The molecule has 0 aromatic rings. The summed E-state index contributed by atoms with van der Waals surface area (Å²) in [6.45, 7) is 6.47. The molecule has 0 fully saturated rings. The van der Waals surface area contributed by atoms with E-state index in [4.69, 9.17) is 14.2 Å². The van der Waals surface area contributed by atoms with E-state index in [-0.39, 0.29) is 31.6 Å². The van der Waals surface area contributed by atoms with Gasteiger partial charge in [0.25, 0.3) is 0 Å². The maximum atomic E-state index is 12.8. The van der Waals surface area contributed by atoms with Crippen molar-refractivity contribution in [1.82, 2.24) is 0 Å². The SMILES string of the molecule is CC/C=C\C/C=C\C/C=C\C/C=C\C/C=C\CC(=O)OCC(COC(=O)CCCCCCCCCCCCCCCCCC)OC(=O)CCCCCCCCCCCCCCCCCC. The van der Waals surface area contributed by atoms with E-state index in [0.717, 1.165) is 70.6 Å². The zero-order chi connectivity index (χ0) is 47.2. The third kappa shape index (κ3) is 51.9. The zero-order valence-electron chi connectivity index (χ0n) is 43.0. The molecule has 0 bridgehead atoms. The van der Waals surface area contributed by atoms with Crippen molar-refractivity contribution in [2.45, 2.75) is 284 Å². The summed E-state index contributed by atoms with van der Waals surface area (Å²) in [5, 5.41) is 0. The lowest BCUT2D eigenvalue weighted by molar-refractivity contribution is -0.166. The van der Waals surface area contributed by atoms with Gasteiger partial charge in [-0.2, -0.15) is 0 Å². The summed E-state index contributed by atoms with van der Waals surface area (Å²) in [7, 11) is 0. The fourth-order valence-electron chi connectivity index (χ4n) is 7.93. The number of carbonyl (C=O) groups is 3. The van der Waals surface area contributed by atoms with Crippen molar-refractivity contribution in [2.24, 2.45) is 0 Å². The molecule has 6 nitrogen and oxygen atoms in total. The topological polar surface area (TPSA) is 78.9 Å². The van der Waals surface area contributed by atoms with E-state index in [2.05, 4.69) is 69.4 Å². The summed E-state index contributed by atoms with van der Waals surface area (Å²) in [5.74, 6) is -1.02. The minimum atomic E-state index is -0.810. The Morgan fingerprint density at radius 1 is 0.323 bits per heavy atom. The summed E-state index contributed by atoms with van der Waals surface area (Å²) in [6.07, 6.45) is 66.6. The molecule has 0 aromatic carbocycles. The van der Waals surface area contributed by atoms with Crippen LogP contribution in [0.4, 0.5) is 0 Å². The molecule has 1 unspecified atom stereocenters. The van der Waals surface area contributed by atoms with E-state index in [9.17, 15) is 14.4 Å². The van der Waals surface area contributed by atoms with Crippen molar-refractivity contribution >= 4 is 17.9 Å². The van der Waals surface area contributed by atoms with Crippen molar-refractivity contribution in [3.63, 3.8) is 0 Å². The molecule has 6 heteroatoms. The van der Waals surface area contributed by atoms with Crippen LogP contribution in [-0.4, -0.2) is 37.2 Å². The minimum Gasteiger partial charge on any atom is -0.462 e. The van der Waals surface area contributed by atoms with Crippen LogP contribution in [0.15, 0.2) is 60.8 Å². The van der Waals surface area contributed by atoms with Crippen molar-refractivity contribution in [1.29, 1.82) is 0 Å². The molecule has 0 saturated carbocycles. The Bertz CT molecular complexity index is 1180. The van der Waals surface area contributed by atoms with E-state index >= 15 is 0 Å². The highest BCUT2D eigenvalue weighted by molar-refractivity contribution is 5.72. The average molecular weight is 909 g/mol. The molecule has 0 amide bonds. The lowest BCUT2D eigenvalue weighted by Crippen LogP contribution is -2.30. The smallest absolute Gasteiger partial charge is 0.309 e. The average Bonchev–Trinajstić information content (AvgIpc) is 3.30. The van der Waals surface area contributed by atoms with Crippen LogP contribution in [0, 0.1) is 0 Å². The Morgan fingerprint density at radius 2 is 0.600 bits per heavy atom. The highest BCUT2D eigenvalue weighted by Gasteiger charge is 2.19. The standard InChI is InChI=1S/C59H104O6/c1-4-7-10-13-16-19-22-25-28-31-34-37-40-43-46-49-52-58(61)64-55-56(54-63-57(60)51-48-45-42-39-36-33-30-27-24-21-18-15-12-9-6-3)65-59(62)53-50-47-44-41-38-35-32-29-26-23-20-17-14-11-8-5-2/h9,12,18,21,27,30,36,39,45,48,56H,4-8,10-11,13-17,19-20,22-26,28-29,31-35,37-38,40-44,46-47,49-55H2,1-3H3/b12-9-,21-18-,30-27-,39-36-,48-45-. The first-order valence-corrected chi connectivity index (χ1v) is 27.8. The number of carbonyl (C=O) groups excluding carboxylic acids is 3. The second-order valence-electron chi connectivity index (χ2n) is 18.5. The third-order valence-electron chi connectivity index (χ3n) is 12.1. The van der Waals surface area contributed by atoms with Crippen LogP contribution in [0.2, 0.25) is 0 Å². The molecule has 0 aliphatic heterocycles. The van der Waals surface area contributed by atoms with Gasteiger partial charge in [0.15, 0.2) is 6.10 Å². The van der Waals surface area contributed by atoms with Crippen molar-refractivity contribution < 1.29 is 28.6 Å². The molecule has 0 aliphatic carbocycles. The van der Waals surface area contributed by atoms with Crippen LogP contribution < -0.4 is 0 Å². The van der Waals surface area contributed by atoms with Gasteiger partial charge in [-0.05, 0) is 44.9 Å². The van der Waals surface area contributed by atoms with E-state index in [0.29, 0.717) is 12.8 Å². The number of hydrogen-bond acceptors (Lipinski definition) is 6. The largest absolute Gasteiger partial charge is 0.462 e. The first kappa shape index (κ1) is 62.1. The zero-order valence-corrected chi connectivity index (χ0v) is 43.0. The van der Waals surface area contributed by atoms with Gasteiger partial charge in [0, 0.05) is 12.8 Å². The van der Waals surface area contributed by atoms with Gasteiger partial charge in [0.2, 0.25) is 0 Å². The Balaban J connectivity index is 4.45. The third-order valence-corrected chi connectivity index (χ3v) is 12.1. The molecule has 0 saturated heterocycles. The van der Waals surface area contributed by atoms with Gasteiger partial charge in [-0.1, -0.05) is 274 Å². The first-order valence-electron chi connectivity index (χ1n) is 27.8. The molecule has 0 N–H and O–H groups in total. The monoisotopic (exact) mass is 909 g/mol. The maximum Gasteiger partial charge on any atom is 0.309 e. The van der Waals surface area contributed by atoms with Gasteiger partial charge in [-0.3, -0.25) is 14.4 Å². The van der Waals surface area contributed by atoms with Crippen LogP contribution in [0.25, 0.3) is 0 Å². The summed E-state index contributed by atoms with van der Waals surface area (Å²) in [5.41, 5.74) is 0. The van der Waals surface area contributed by atoms with E-state index in [1.807, 2.05) is 6.08 Å². The highest BCUT2D eigenvalue weighted by Crippen LogP contribution is 2.16. The molecular weight excluding hydrogens is 805 g/mol. The lowest BCUT2D eigenvalue weighted by atomic mass is 10.0. The fourth-order valence-corrected chi connectivity index (χ4v) is 7.93. The van der Waals surface area contributed by atoms with Gasteiger partial charge in [0.05, 0.1) is 6.42 Å². The number of esters is 3. The van der Waals surface area contributed by atoms with Crippen molar-refractivity contribution in [2.75, 3.05) is 13.2 Å². The molecule has 0 aliphatic rings. The molecule has 376 valence electrons. The molecule has 0 aromatic heterocycles. The van der Waals surface area contributed by atoms with Crippen molar-refractivity contribution in [3.05, 3.63) is 60.8 Å². The van der Waals surface area contributed by atoms with Gasteiger partial charge < -0.3 is 14.2 Å². The van der Waals surface area contributed by atoms with E-state index in [1.54, 1.807) is 6.08 Å². The summed E-state index contributed by atoms with van der Waals surface area (Å²) >= 11 is 0. The predicted octanol–water partition coefficient (Wildman–Crippen LogP) is 18.4. The van der Waals surface area contributed by atoms with E-state index < -0.39 is 12.1 Å². The summed E-state index contributed by atoms with van der Waals surface area (Å²) < 4.78 is 16.7. The summed E-state index contributed by atoms with van der Waals surface area (Å²) in [4.78, 5) is 38.0. The minimum absolute atomic E-state index is 0.0999. The van der Waals surface area contributed by atoms with Gasteiger partial charge in [-0.25, -0.2) is 0 Å². The number of allylic oxidation sites excluding steroid dienone is 9. The number of rotatable bonds is 50. The highest BCUT2D eigenvalue weighted by atomic mass is 16.6. The lowest BCUT2D eigenvalue weighted by Gasteiger charge is -2.18. The molecule has 0 spiro atoms. The Morgan fingerprint density at radius 3 is 0.938 bits per heavy atom. The van der Waals surface area contributed by atoms with Crippen LogP contribution >= 0.6 is 0 Å². The second kappa shape index (κ2) is 53.7. The van der Waals surface area contributed by atoms with Crippen LogP contribution in [-0.2, 0) is 28.6 Å². The van der Waals surface area contributed by atoms with Gasteiger partial charge in [0.1, 0.15) is 13.2 Å². The van der Waals surface area contributed by atoms with Crippen LogP contribution in [0.3, 0.4) is 0 Å². The molecular formula is C59H104O6. The summed E-state index contributed by atoms with van der Waals surface area (Å²) in [6, 6.07) is 0. The van der Waals surface area contributed by atoms with E-state index in [1.165, 1.54) is 167 Å². The molecule has 65 heavy (non-hydrogen) atoms. The Hall–Kier alpha value is -2.89. The maximum absolute atomic E-state index is 12.8. The molecule has 0 heterocycles.